The second-order valence-electron chi connectivity index (χ2n) is 11.0. The van der Waals surface area contributed by atoms with Gasteiger partial charge in [0.15, 0.2) is 0 Å². The van der Waals surface area contributed by atoms with Gasteiger partial charge in [0.2, 0.25) is 0 Å². The van der Waals surface area contributed by atoms with Gasteiger partial charge in [0.1, 0.15) is 10.7 Å². The van der Waals surface area contributed by atoms with Gasteiger partial charge in [0.05, 0.1) is 28.2 Å². The summed E-state index contributed by atoms with van der Waals surface area (Å²) in [5.74, 6) is -0.102. The third kappa shape index (κ3) is 6.22. The number of hydrogen-bond acceptors (Lipinski definition) is 5. The van der Waals surface area contributed by atoms with Crippen molar-refractivity contribution in [3.05, 3.63) is 91.8 Å². The summed E-state index contributed by atoms with van der Waals surface area (Å²) in [6.07, 6.45) is 4.87. The number of carbonyl (C=O) groups is 1. The lowest BCUT2D eigenvalue weighted by Crippen LogP contribution is -2.37. The van der Waals surface area contributed by atoms with Crippen molar-refractivity contribution in [3.63, 3.8) is 0 Å². The molecule has 0 radical (unpaired) electrons. The van der Waals surface area contributed by atoms with Gasteiger partial charge in [-0.2, -0.15) is 0 Å². The molecule has 1 fully saturated rings. The molecule has 1 saturated heterocycles. The number of thiazole rings is 1. The Hall–Kier alpha value is -3.98. The summed E-state index contributed by atoms with van der Waals surface area (Å²) in [4.78, 5) is 39.6. The molecule has 5 rings (SSSR count). The van der Waals surface area contributed by atoms with Crippen molar-refractivity contribution in [2.45, 2.75) is 66.2 Å². The predicted molar refractivity (Wildman–Crippen MR) is 169 cm³/mol. The van der Waals surface area contributed by atoms with Gasteiger partial charge in [-0.15, -0.1) is 11.3 Å². The molecule has 0 spiro atoms. The Bertz CT molecular complexity index is 1690. The SMILES string of the molecule is CCc1cccc(CC)c1-n1c(C=C(C)C)c(C(=O)N2CCCCC2)cc(-c2nc(-c3ccc(C(F)F)cn3)cs2)c1=O. The molecule has 1 amide bonds. The number of pyridine rings is 2. The second-order valence-corrected chi connectivity index (χ2v) is 11.9. The highest BCUT2D eigenvalue weighted by atomic mass is 32.1. The first-order chi connectivity index (χ1) is 20.7. The number of carbonyl (C=O) groups excluding carboxylic acids is 1. The average molecular weight is 603 g/mol. The number of aromatic nitrogens is 3. The van der Waals surface area contributed by atoms with E-state index in [2.05, 4.69) is 18.8 Å². The number of likely N-dealkylation sites (tertiary alicyclic amines) is 1. The van der Waals surface area contributed by atoms with E-state index in [0.717, 1.165) is 47.8 Å². The standard InChI is InChI=1S/C34H36F2N4O2S/c1-5-22-11-10-12-23(6-2)30(22)40-29(17-21(3)4)25(33(41)39-15-8-7-9-16-39)18-26(34(40)42)32-38-28(20-43-32)27-14-13-24(19-37-27)31(35)36/h10-14,17-20,31H,5-9,15-16H2,1-4H3. The summed E-state index contributed by atoms with van der Waals surface area (Å²) < 4.78 is 27.9. The molecular weight excluding hydrogens is 566 g/mol. The quantitative estimate of drug-likeness (QED) is 0.204. The maximum Gasteiger partial charge on any atom is 0.265 e. The molecule has 224 valence electrons. The maximum absolute atomic E-state index is 14.6. The molecule has 43 heavy (non-hydrogen) atoms. The van der Waals surface area contributed by atoms with Gasteiger partial charge >= 0.3 is 0 Å². The van der Waals surface area contributed by atoms with E-state index in [-0.39, 0.29) is 17.0 Å². The van der Waals surface area contributed by atoms with Crippen molar-refractivity contribution in [2.24, 2.45) is 0 Å². The zero-order valence-corrected chi connectivity index (χ0v) is 25.8. The molecule has 4 aromatic rings. The van der Waals surface area contributed by atoms with Gasteiger partial charge < -0.3 is 4.90 Å². The number of aryl methyl sites for hydroxylation is 2. The zero-order chi connectivity index (χ0) is 30.7. The molecule has 1 aliphatic rings. The van der Waals surface area contributed by atoms with Crippen LogP contribution in [0.3, 0.4) is 0 Å². The van der Waals surface area contributed by atoms with Crippen LogP contribution in [0.5, 0.6) is 0 Å². The summed E-state index contributed by atoms with van der Waals surface area (Å²) >= 11 is 1.27. The first-order valence-corrected chi connectivity index (χ1v) is 15.7. The van der Waals surface area contributed by atoms with E-state index in [4.69, 9.17) is 4.98 Å². The van der Waals surface area contributed by atoms with Crippen LogP contribution >= 0.6 is 11.3 Å². The fraction of sp³-hybridized carbons (Fsp3) is 0.353. The topological polar surface area (TPSA) is 68.1 Å². The second kappa shape index (κ2) is 13.1. The number of allylic oxidation sites excluding steroid dienone is 1. The minimum Gasteiger partial charge on any atom is -0.339 e. The Morgan fingerprint density at radius 1 is 1.02 bits per heavy atom. The molecule has 1 aliphatic heterocycles. The fourth-order valence-corrected chi connectivity index (χ4v) is 6.38. The lowest BCUT2D eigenvalue weighted by atomic mass is 9.99. The van der Waals surface area contributed by atoms with Gasteiger partial charge in [0.25, 0.3) is 17.9 Å². The molecule has 9 heteroatoms. The van der Waals surface area contributed by atoms with Crippen molar-refractivity contribution in [2.75, 3.05) is 13.1 Å². The molecular formula is C34H36F2N4O2S. The summed E-state index contributed by atoms with van der Waals surface area (Å²) in [6.45, 7) is 9.40. The molecule has 0 N–H and O–H groups in total. The number of piperidine rings is 1. The van der Waals surface area contributed by atoms with Crippen LogP contribution in [0, 0.1) is 0 Å². The lowest BCUT2D eigenvalue weighted by molar-refractivity contribution is 0.0723. The maximum atomic E-state index is 14.6. The molecule has 0 unspecified atom stereocenters. The van der Waals surface area contributed by atoms with E-state index in [1.807, 2.05) is 43.0 Å². The van der Waals surface area contributed by atoms with Crippen LogP contribution in [-0.2, 0) is 12.8 Å². The number of nitrogens with zero attached hydrogens (tertiary/aromatic N) is 4. The van der Waals surface area contributed by atoms with E-state index < -0.39 is 6.43 Å². The number of amides is 1. The van der Waals surface area contributed by atoms with E-state index in [0.29, 0.717) is 59.1 Å². The van der Waals surface area contributed by atoms with Gasteiger partial charge in [-0.25, -0.2) is 13.8 Å². The van der Waals surface area contributed by atoms with Gasteiger partial charge in [0, 0.05) is 30.2 Å². The Balaban J connectivity index is 1.78. The number of hydrogen-bond donors (Lipinski definition) is 0. The third-order valence-electron chi connectivity index (χ3n) is 7.76. The van der Waals surface area contributed by atoms with E-state index in [1.54, 1.807) is 16.0 Å². The highest BCUT2D eigenvalue weighted by Gasteiger charge is 2.27. The van der Waals surface area contributed by atoms with Crippen LogP contribution in [0.25, 0.3) is 33.7 Å². The summed E-state index contributed by atoms with van der Waals surface area (Å²) in [5, 5.41) is 2.20. The van der Waals surface area contributed by atoms with Crippen molar-refractivity contribution < 1.29 is 13.6 Å². The van der Waals surface area contributed by atoms with E-state index >= 15 is 0 Å². The van der Waals surface area contributed by atoms with Crippen molar-refractivity contribution in [1.29, 1.82) is 0 Å². The van der Waals surface area contributed by atoms with Crippen molar-refractivity contribution in [1.82, 2.24) is 19.4 Å². The Morgan fingerprint density at radius 3 is 2.30 bits per heavy atom. The van der Waals surface area contributed by atoms with Crippen LogP contribution < -0.4 is 5.56 Å². The van der Waals surface area contributed by atoms with E-state index in [1.165, 1.54) is 23.5 Å². The van der Waals surface area contributed by atoms with Gasteiger partial charge in [-0.3, -0.25) is 19.1 Å². The zero-order valence-electron chi connectivity index (χ0n) is 25.0. The monoisotopic (exact) mass is 602 g/mol. The largest absolute Gasteiger partial charge is 0.339 e. The van der Waals surface area contributed by atoms with Crippen LogP contribution in [0.2, 0.25) is 0 Å². The molecule has 0 saturated carbocycles. The predicted octanol–water partition coefficient (Wildman–Crippen LogP) is 8.13. The average Bonchev–Trinajstić information content (AvgIpc) is 3.51. The number of benzene rings is 1. The van der Waals surface area contributed by atoms with Crippen LogP contribution in [0.4, 0.5) is 8.78 Å². The summed E-state index contributed by atoms with van der Waals surface area (Å²) in [6, 6.07) is 10.6. The van der Waals surface area contributed by atoms with Crippen LogP contribution in [0.1, 0.15) is 86.1 Å². The molecule has 4 heterocycles. The third-order valence-corrected chi connectivity index (χ3v) is 8.64. The van der Waals surface area contributed by atoms with Crippen molar-refractivity contribution in [3.8, 4) is 27.6 Å². The minimum atomic E-state index is -2.61. The molecule has 0 aliphatic carbocycles. The molecule has 6 nitrogen and oxygen atoms in total. The number of alkyl halides is 2. The fourth-order valence-electron chi connectivity index (χ4n) is 5.56. The Labute approximate surface area is 254 Å². The Kier molecular flexibility index (Phi) is 9.30. The number of para-hydroxylation sites is 1. The van der Waals surface area contributed by atoms with E-state index in [9.17, 15) is 18.4 Å². The lowest BCUT2D eigenvalue weighted by Gasteiger charge is -2.28. The molecule has 0 atom stereocenters. The van der Waals surface area contributed by atoms with Crippen LogP contribution in [0.15, 0.2) is 58.3 Å². The highest BCUT2D eigenvalue weighted by molar-refractivity contribution is 7.13. The molecule has 3 aromatic heterocycles. The van der Waals surface area contributed by atoms with Gasteiger partial charge in [-0.05, 0) is 81.4 Å². The highest BCUT2D eigenvalue weighted by Crippen LogP contribution is 2.32. The number of rotatable bonds is 8. The van der Waals surface area contributed by atoms with Crippen LogP contribution in [-0.4, -0.2) is 38.4 Å². The smallest absolute Gasteiger partial charge is 0.265 e. The summed E-state index contributed by atoms with van der Waals surface area (Å²) in [5.41, 5.74) is 5.63. The summed E-state index contributed by atoms with van der Waals surface area (Å²) in [7, 11) is 0. The first kappa shape index (κ1) is 30.5. The normalized spacial score (nSPS) is 13.4. The van der Waals surface area contributed by atoms with Crippen molar-refractivity contribution >= 4 is 23.3 Å². The molecule has 0 bridgehead atoms. The van der Waals surface area contributed by atoms with Gasteiger partial charge in [-0.1, -0.05) is 37.6 Å². The first-order valence-electron chi connectivity index (χ1n) is 14.8. The Morgan fingerprint density at radius 2 is 1.72 bits per heavy atom. The number of halogens is 2. The molecule has 1 aromatic carbocycles. The minimum absolute atomic E-state index is 0.102.